The van der Waals surface area contributed by atoms with Crippen LogP contribution in [0.25, 0.3) is 0 Å². The topological polar surface area (TPSA) is 50.4 Å². The number of amides is 1. The molecular formula is C18H34N2O2. The number of alkyl carbamates (subject to hydrolysis) is 1. The van der Waals surface area contributed by atoms with Crippen LogP contribution in [0.15, 0.2) is 0 Å². The number of rotatable bonds is 4. The van der Waals surface area contributed by atoms with Crippen LogP contribution in [0.2, 0.25) is 0 Å². The Bertz CT molecular complexity index is 423. The summed E-state index contributed by atoms with van der Waals surface area (Å²) >= 11 is 0. The lowest BCUT2D eigenvalue weighted by molar-refractivity contribution is 0.0501. The lowest BCUT2D eigenvalue weighted by Gasteiger charge is -2.43. The SMILES string of the molecule is CC(CNC1C(C)(C)[C@H]2CC[C@]1(C)C2)NC(=O)OC(C)(C)C. The highest BCUT2D eigenvalue weighted by atomic mass is 16.6. The van der Waals surface area contributed by atoms with Gasteiger partial charge >= 0.3 is 6.09 Å². The van der Waals surface area contributed by atoms with E-state index in [1.165, 1.54) is 19.3 Å². The normalized spacial score (nSPS) is 34.5. The Morgan fingerprint density at radius 3 is 2.45 bits per heavy atom. The molecule has 4 atom stereocenters. The van der Waals surface area contributed by atoms with Crippen molar-refractivity contribution in [1.29, 1.82) is 0 Å². The maximum Gasteiger partial charge on any atom is 0.407 e. The first-order chi connectivity index (χ1) is 9.94. The summed E-state index contributed by atoms with van der Waals surface area (Å²) in [6.45, 7) is 15.7. The van der Waals surface area contributed by atoms with Crippen LogP contribution in [0, 0.1) is 16.7 Å². The predicted molar refractivity (Wildman–Crippen MR) is 89.9 cm³/mol. The van der Waals surface area contributed by atoms with E-state index in [0.717, 1.165) is 12.5 Å². The van der Waals surface area contributed by atoms with E-state index < -0.39 is 5.60 Å². The average molecular weight is 310 g/mol. The number of hydrogen-bond acceptors (Lipinski definition) is 3. The smallest absolute Gasteiger partial charge is 0.407 e. The van der Waals surface area contributed by atoms with Crippen LogP contribution >= 0.6 is 0 Å². The molecule has 2 unspecified atom stereocenters. The Kier molecular flexibility index (Phi) is 4.55. The summed E-state index contributed by atoms with van der Waals surface area (Å²) in [6.07, 6.45) is 3.70. The van der Waals surface area contributed by atoms with Crippen molar-refractivity contribution in [3.05, 3.63) is 0 Å². The first-order valence-electron chi connectivity index (χ1n) is 8.67. The molecule has 0 saturated heterocycles. The Hall–Kier alpha value is -0.770. The Morgan fingerprint density at radius 1 is 1.32 bits per heavy atom. The van der Waals surface area contributed by atoms with Crippen molar-refractivity contribution in [3.63, 3.8) is 0 Å². The van der Waals surface area contributed by atoms with Crippen molar-refractivity contribution in [2.75, 3.05) is 6.54 Å². The van der Waals surface area contributed by atoms with Crippen LogP contribution in [0.4, 0.5) is 4.79 Å². The van der Waals surface area contributed by atoms with Crippen molar-refractivity contribution in [1.82, 2.24) is 10.6 Å². The van der Waals surface area contributed by atoms with Crippen molar-refractivity contribution >= 4 is 6.09 Å². The van der Waals surface area contributed by atoms with Gasteiger partial charge in [-0.05, 0) is 63.7 Å². The molecule has 4 heteroatoms. The van der Waals surface area contributed by atoms with Crippen molar-refractivity contribution in [2.24, 2.45) is 16.7 Å². The molecule has 0 heterocycles. The Balaban J connectivity index is 1.84. The van der Waals surface area contributed by atoms with E-state index in [-0.39, 0.29) is 12.1 Å². The molecule has 0 aromatic rings. The van der Waals surface area contributed by atoms with Crippen molar-refractivity contribution in [2.45, 2.75) is 85.4 Å². The van der Waals surface area contributed by atoms with E-state index in [9.17, 15) is 4.79 Å². The van der Waals surface area contributed by atoms with Gasteiger partial charge in [-0.1, -0.05) is 20.8 Å². The second kappa shape index (κ2) is 5.70. The van der Waals surface area contributed by atoms with E-state index >= 15 is 0 Å². The monoisotopic (exact) mass is 310 g/mol. The quantitative estimate of drug-likeness (QED) is 0.832. The van der Waals surface area contributed by atoms with E-state index in [2.05, 4.69) is 31.4 Å². The van der Waals surface area contributed by atoms with Gasteiger partial charge in [0.15, 0.2) is 0 Å². The van der Waals surface area contributed by atoms with Gasteiger partial charge in [0.1, 0.15) is 5.60 Å². The lowest BCUT2D eigenvalue weighted by atomic mass is 9.68. The third-order valence-corrected chi connectivity index (χ3v) is 5.66. The molecule has 2 N–H and O–H groups in total. The molecule has 4 nitrogen and oxygen atoms in total. The van der Waals surface area contributed by atoms with Crippen LogP contribution in [-0.4, -0.2) is 30.3 Å². The first-order valence-corrected chi connectivity index (χ1v) is 8.67. The minimum absolute atomic E-state index is 0.0633. The summed E-state index contributed by atoms with van der Waals surface area (Å²) in [6, 6.07) is 0.593. The van der Waals surface area contributed by atoms with E-state index in [1.807, 2.05) is 27.7 Å². The number of ether oxygens (including phenoxy) is 1. The van der Waals surface area contributed by atoms with Crippen LogP contribution in [0.3, 0.4) is 0 Å². The molecule has 128 valence electrons. The molecule has 0 aliphatic heterocycles. The Morgan fingerprint density at radius 2 is 1.95 bits per heavy atom. The van der Waals surface area contributed by atoms with Gasteiger partial charge in [0.25, 0.3) is 0 Å². The maximum atomic E-state index is 11.8. The van der Waals surface area contributed by atoms with Crippen molar-refractivity contribution in [3.8, 4) is 0 Å². The highest BCUT2D eigenvalue weighted by Crippen LogP contribution is 2.62. The van der Waals surface area contributed by atoms with Crippen molar-refractivity contribution < 1.29 is 9.53 Å². The molecule has 0 spiro atoms. The number of hydrogen-bond donors (Lipinski definition) is 2. The zero-order valence-electron chi connectivity index (χ0n) is 15.4. The highest BCUT2D eigenvalue weighted by Gasteiger charge is 2.58. The first kappa shape index (κ1) is 17.6. The number of fused-ring (bicyclic) bond motifs is 2. The minimum Gasteiger partial charge on any atom is -0.444 e. The van der Waals surface area contributed by atoms with Crippen LogP contribution < -0.4 is 10.6 Å². The fourth-order valence-electron chi connectivity index (χ4n) is 4.67. The van der Waals surface area contributed by atoms with Gasteiger partial charge in [-0.3, -0.25) is 0 Å². The fourth-order valence-corrected chi connectivity index (χ4v) is 4.67. The zero-order valence-corrected chi connectivity index (χ0v) is 15.4. The van der Waals surface area contributed by atoms with Crippen LogP contribution in [0.1, 0.15) is 67.7 Å². The molecular weight excluding hydrogens is 276 g/mol. The van der Waals surface area contributed by atoms with Gasteiger partial charge in [0, 0.05) is 18.6 Å². The van der Waals surface area contributed by atoms with Gasteiger partial charge in [-0.25, -0.2) is 4.79 Å². The molecule has 2 bridgehead atoms. The van der Waals surface area contributed by atoms with E-state index in [0.29, 0.717) is 16.9 Å². The molecule has 1 amide bonds. The summed E-state index contributed by atoms with van der Waals surface area (Å²) in [5.41, 5.74) is 0.315. The molecule has 2 rings (SSSR count). The highest BCUT2D eigenvalue weighted by molar-refractivity contribution is 5.68. The standard InChI is InChI=1S/C18H34N2O2/c1-12(20-15(21)22-16(2,3)4)11-19-14-17(5,6)13-8-9-18(14,7)10-13/h12-14,19H,8-11H2,1-7H3,(H,20,21)/t12?,13-,14?,18+/m0/s1. The minimum atomic E-state index is -0.447. The largest absolute Gasteiger partial charge is 0.444 e. The molecule has 0 aromatic heterocycles. The second-order valence-corrected chi connectivity index (χ2v) is 9.30. The summed E-state index contributed by atoms with van der Waals surface area (Å²) in [7, 11) is 0. The second-order valence-electron chi connectivity index (χ2n) is 9.30. The van der Waals surface area contributed by atoms with Crippen LogP contribution in [-0.2, 0) is 4.74 Å². The average Bonchev–Trinajstić information content (AvgIpc) is 2.76. The van der Waals surface area contributed by atoms with Gasteiger partial charge in [0.05, 0.1) is 0 Å². The lowest BCUT2D eigenvalue weighted by Crippen LogP contribution is -2.53. The molecule has 2 aliphatic rings. The third kappa shape index (κ3) is 3.58. The third-order valence-electron chi connectivity index (χ3n) is 5.66. The summed E-state index contributed by atoms with van der Waals surface area (Å²) in [4.78, 5) is 11.8. The van der Waals surface area contributed by atoms with Gasteiger partial charge in [-0.2, -0.15) is 0 Å². The summed E-state index contributed by atoms with van der Waals surface area (Å²) in [5.74, 6) is 0.837. The predicted octanol–water partition coefficient (Wildman–Crippen LogP) is 3.70. The summed E-state index contributed by atoms with van der Waals surface area (Å²) in [5, 5.41) is 6.66. The maximum absolute atomic E-state index is 11.8. The zero-order chi connectivity index (χ0) is 16.8. The number of nitrogens with one attached hydrogen (secondary N) is 2. The summed E-state index contributed by atoms with van der Waals surface area (Å²) < 4.78 is 5.31. The van der Waals surface area contributed by atoms with Gasteiger partial charge < -0.3 is 15.4 Å². The molecule has 2 saturated carbocycles. The van der Waals surface area contributed by atoms with E-state index in [4.69, 9.17) is 4.74 Å². The number of carbonyl (C=O) groups excluding carboxylic acids is 1. The van der Waals surface area contributed by atoms with Crippen LogP contribution in [0.5, 0.6) is 0 Å². The number of carbonyl (C=O) groups is 1. The molecule has 2 aliphatic carbocycles. The molecule has 0 radical (unpaired) electrons. The van der Waals surface area contributed by atoms with E-state index in [1.54, 1.807) is 0 Å². The molecule has 22 heavy (non-hydrogen) atoms. The molecule has 2 fully saturated rings. The molecule has 0 aromatic carbocycles. The van der Waals surface area contributed by atoms with Gasteiger partial charge in [-0.15, -0.1) is 0 Å². The Labute approximate surface area is 135 Å². The van der Waals surface area contributed by atoms with Gasteiger partial charge in [0.2, 0.25) is 0 Å². The fraction of sp³-hybridized carbons (Fsp3) is 0.944.